The van der Waals surface area contributed by atoms with Crippen molar-refractivity contribution in [3.8, 4) is 0 Å². The summed E-state index contributed by atoms with van der Waals surface area (Å²) < 4.78 is 0. The van der Waals surface area contributed by atoms with Gasteiger partial charge in [-0.25, -0.2) is 0 Å². The summed E-state index contributed by atoms with van der Waals surface area (Å²) in [5.41, 5.74) is -0.412. The molecule has 0 saturated carbocycles. The first kappa shape index (κ1) is 15.7. The van der Waals surface area contributed by atoms with Gasteiger partial charge in [0.2, 0.25) is 11.8 Å². The highest BCUT2D eigenvalue weighted by Gasteiger charge is 2.65. The van der Waals surface area contributed by atoms with E-state index in [4.69, 9.17) is 0 Å². The van der Waals surface area contributed by atoms with E-state index < -0.39 is 10.8 Å². The minimum Gasteiger partial charge on any atom is -0.284 e. The molecule has 0 N–H and O–H groups in total. The molecule has 3 nitrogen and oxygen atoms in total. The second-order valence-corrected chi connectivity index (χ2v) is 6.24. The third-order valence-corrected chi connectivity index (χ3v) is 5.11. The molecule has 1 aliphatic heterocycles. The number of likely N-dealkylation sites (N-methyl/N-ethyl adjacent to an activating group) is 1. The molecule has 0 spiro atoms. The molecule has 1 aromatic carbocycles. The van der Waals surface area contributed by atoms with Crippen LogP contribution in [-0.4, -0.2) is 23.8 Å². The fourth-order valence-corrected chi connectivity index (χ4v) is 4.03. The minimum atomic E-state index is -0.758. The van der Waals surface area contributed by atoms with E-state index in [1.807, 2.05) is 37.3 Å². The van der Waals surface area contributed by atoms with Crippen molar-refractivity contribution < 1.29 is 9.59 Å². The van der Waals surface area contributed by atoms with Crippen molar-refractivity contribution in [2.45, 2.75) is 51.9 Å². The zero-order valence-corrected chi connectivity index (χ0v) is 13.5. The summed E-state index contributed by atoms with van der Waals surface area (Å²) in [5.74, 6) is -0.0804. The average molecular weight is 287 g/mol. The molecule has 1 saturated heterocycles. The van der Waals surface area contributed by atoms with E-state index in [2.05, 4.69) is 13.8 Å². The minimum absolute atomic E-state index is 0.0115. The molecule has 1 heterocycles. The Morgan fingerprint density at radius 1 is 0.952 bits per heavy atom. The van der Waals surface area contributed by atoms with E-state index in [-0.39, 0.29) is 11.8 Å². The van der Waals surface area contributed by atoms with Crippen LogP contribution in [0.25, 0.3) is 0 Å². The number of benzene rings is 1. The fraction of sp³-hybridized carbons (Fsp3) is 0.556. The molecule has 2 amide bonds. The third-order valence-electron chi connectivity index (χ3n) is 5.11. The number of nitrogens with zero attached hydrogens (tertiary/aromatic N) is 1. The number of carbonyl (C=O) groups excluding carboxylic acids is 2. The number of carbonyl (C=O) groups is 2. The van der Waals surface area contributed by atoms with Gasteiger partial charge in [-0.1, -0.05) is 57.0 Å². The first-order chi connectivity index (χ1) is 9.95. The zero-order valence-electron chi connectivity index (χ0n) is 13.5. The first-order valence-electron chi connectivity index (χ1n) is 7.83. The second-order valence-electron chi connectivity index (χ2n) is 6.24. The van der Waals surface area contributed by atoms with Crippen LogP contribution in [0.2, 0.25) is 0 Å². The van der Waals surface area contributed by atoms with Gasteiger partial charge in [-0.2, -0.15) is 0 Å². The number of hydrogen-bond donors (Lipinski definition) is 0. The van der Waals surface area contributed by atoms with Gasteiger partial charge in [-0.15, -0.1) is 0 Å². The van der Waals surface area contributed by atoms with E-state index >= 15 is 0 Å². The monoisotopic (exact) mass is 287 g/mol. The smallest absolute Gasteiger partial charge is 0.240 e. The highest BCUT2D eigenvalue weighted by molar-refractivity contribution is 6.12. The second kappa shape index (κ2) is 5.63. The van der Waals surface area contributed by atoms with Gasteiger partial charge in [0, 0.05) is 7.05 Å². The lowest BCUT2D eigenvalue weighted by molar-refractivity contribution is -0.140. The lowest BCUT2D eigenvalue weighted by Crippen LogP contribution is -2.46. The van der Waals surface area contributed by atoms with E-state index in [1.54, 1.807) is 7.05 Å². The Kier molecular flexibility index (Phi) is 4.22. The van der Waals surface area contributed by atoms with Crippen LogP contribution in [0.1, 0.15) is 52.0 Å². The Hall–Kier alpha value is -1.64. The molecule has 0 bridgehead atoms. The Bertz CT molecular complexity index is 531. The largest absolute Gasteiger partial charge is 0.284 e. The highest BCUT2D eigenvalue weighted by atomic mass is 16.2. The number of hydrogen-bond acceptors (Lipinski definition) is 2. The number of rotatable bonds is 5. The van der Waals surface area contributed by atoms with Gasteiger partial charge < -0.3 is 0 Å². The lowest BCUT2D eigenvalue weighted by Gasteiger charge is -2.39. The first-order valence-corrected chi connectivity index (χ1v) is 7.83. The van der Waals surface area contributed by atoms with E-state index in [9.17, 15) is 9.59 Å². The normalized spacial score (nSPS) is 24.7. The molecule has 2 rings (SSSR count). The molecule has 1 fully saturated rings. The molecule has 1 aliphatic rings. The lowest BCUT2D eigenvalue weighted by atomic mass is 9.58. The summed E-state index contributed by atoms with van der Waals surface area (Å²) in [5, 5.41) is 0. The van der Waals surface area contributed by atoms with Crippen molar-refractivity contribution in [3.63, 3.8) is 0 Å². The molecule has 1 atom stereocenters. The van der Waals surface area contributed by atoms with Gasteiger partial charge in [-0.05, 0) is 25.3 Å². The van der Waals surface area contributed by atoms with E-state index in [0.29, 0.717) is 0 Å². The molecule has 0 aliphatic carbocycles. The van der Waals surface area contributed by atoms with Crippen LogP contribution in [0.4, 0.5) is 0 Å². The van der Waals surface area contributed by atoms with E-state index in [1.165, 1.54) is 4.90 Å². The van der Waals surface area contributed by atoms with Crippen molar-refractivity contribution in [3.05, 3.63) is 35.9 Å². The zero-order chi connectivity index (χ0) is 15.7. The van der Waals surface area contributed by atoms with Crippen LogP contribution in [0, 0.1) is 5.41 Å². The van der Waals surface area contributed by atoms with Crippen molar-refractivity contribution in [1.29, 1.82) is 0 Å². The predicted molar refractivity (Wildman–Crippen MR) is 83.8 cm³/mol. The quantitative estimate of drug-likeness (QED) is 0.777. The molecule has 1 aromatic rings. The van der Waals surface area contributed by atoms with Gasteiger partial charge in [0.15, 0.2) is 0 Å². The molecule has 0 unspecified atom stereocenters. The fourth-order valence-electron chi connectivity index (χ4n) is 4.03. The van der Waals surface area contributed by atoms with Crippen molar-refractivity contribution in [2.24, 2.45) is 5.41 Å². The molecule has 0 radical (unpaired) electrons. The van der Waals surface area contributed by atoms with Gasteiger partial charge in [0.25, 0.3) is 0 Å². The van der Waals surface area contributed by atoms with Gasteiger partial charge >= 0.3 is 0 Å². The SMILES string of the molecule is CCCC1(CCC)C(=O)N(C)C(=O)[C@@]1(C)c1ccccc1. The maximum atomic E-state index is 12.9. The van der Waals surface area contributed by atoms with Crippen molar-refractivity contribution in [1.82, 2.24) is 4.90 Å². The Morgan fingerprint density at radius 2 is 1.48 bits per heavy atom. The van der Waals surface area contributed by atoms with Gasteiger partial charge in [0.1, 0.15) is 0 Å². The summed E-state index contributed by atoms with van der Waals surface area (Å²) in [7, 11) is 1.62. The molecule has 3 heteroatoms. The predicted octanol–water partition coefficient (Wildman–Crippen LogP) is 3.53. The highest BCUT2D eigenvalue weighted by Crippen LogP contribution is 2.54. The molecule has 0 aromatic heterocycles. The molecule has 114 valence electrons. The van der Waals surface area contributed by atoms with Crippen molar-refractivity contribution in [2.75, 3.05) is 7.05 Å². The Morgan fingerprint density at radius 3 is 1.95 bits per heavy atom. The summed E-state index contributed by atoms with van der Waals surface area (Å²) in [4.78, 5) is 27.2. The van der Waals surface area contributed by atoms with Crippen molar-refractivity contribution >= 4 is 11.8 Å². The molecular weight excluding hydrogens is 262 g/mol. The standard InChI is InChI=1S/C18H25NO2/c1-5-12-18(13-6-2)16(21)19(4)15(20)17(18,3)14-10-8-7-9-11-14/h7-11H,5-6,12-13H2,1-4H3/t17-/m1/s1. The van der Waals surface area contributed by atoms with Gasteiger partial charge in [-0.3, -0.25) is 14.5 Å². The molecular formula is C18H25NO2. The van der Waals surface area contributed by atoms with Crippen LogP contribution in [0.5, 0.6) is 0 Å². The van der Waals surface area contributed by atoms with Crippen LogP contribution in [-0.2, 0) is 15.0 Å². The Balaban J connectivity index is 2.68. The van der Waals surface area contributed by atoms with Crippen LogP contribution < -0.4 is 0 Å². The topological polar surface area (TPSA) is 37.4 Å². The maximum absolute atomic E-state index is 12.9. The average Bonchev–Trinajstić information content (AvgIpc) is 2.64. The van der Waals surface area contributed by atoms with Crippen LogP contribution >= 0.6 is 0 Å². The molecule has 21 heavy (non-hydrogen) atoms. The summed E-state index contributed by atoms with van der Waals surface area (Å²) in [6.07, 6.45) is 3.30. The summed E-state index contributed by atoms with van der Waals surface area (Å²) in [6.45, 7) is 6.12. The Labute approximate surface area is 127 Å². The summed E-state index contributed by atoms with van der Waals surface area (Å²) >= 11 is 0. The van der Waals surface area contributed by atoms with Crippen LogP contribution in [0.3, 0.4) is 0 Å². The number of imide groups is 1. The maximum Gasteiger partial charge on any atom is 0.240 e. The van der Waals surface area contributed by atoms with Gasteiger partial charge in [0.05, 0.1) is 10.8 Å². The summed E-state index contributed by atoms with van der Waals surface area (Å²) in [6, 6.07) is 9.78. The number of likely N-dealkylation sites (tertiary alicyclic amines) is 1. The number of amides is 2. The van der Waals surface area contributed by atoms with E-state index in [0.717, 1.165) is 31.2 Å². The third kappa shape index (κ3) is 2.02. The van der Waals surface area contributed by atoms with Crippen LogP contribution in [0.15, 0.2) is 30.3 Å².